The van der Waals surface area contributed by atoms with Crippen LogP contribution >= 0.6 is 0 Å². The van der Waals surface area contributed by atoms with Crippen molar-refractivity contribution in [3.05, 3.63) is 57.6 Å². The van der Waals surface area contributed by atoms with Crippen LogP contribution in [0.1, 0.15) is 48.9 Å². The van der Waals surface area contributed by atoms with Gasteiger partial charge >= 0.3 is 0 Å². The lowest BCUT2D eigenvalue weighted by Crippen LogP contribution is -2.58. The van der Waals surface area contributed by atoms with Gasteiger partial charge in [-0.1, -0.05) is 148 Å². The maximum atomic E-state index is 6.97. The van der Waals surface area contributed by atoms with Gasteiger partial charge in [0.1, 0.15) is 0 Å². The fourth-order valence-electron chi connectivity index (χ4n) is 10.2. The lowest BCUT2D eigenvalue weighted by Gasteiger charge is -2.46. The Balaban J connectivity index is 3.50. The largest absolute Gasteiger partial charge is 0.411 e. The first-order valence-corrected chi connectivity index (χ1v) is 40.4. The first kappa shape index (κ1) is 41.1. The highest BCUT2D eigenvalue weighted by Crippen LogP contribution is 2.44. The average Bonchev–Trinajstić information content (AvgIpc) is 2.70. The van der Waals surface area contributed by atoms with E-state index in [0.717, 1.165) is 5.16 Å². The Bertz CT molecular complexity index is 1220. The van der Waals surface area contributed by atoms with Gasteiger partial charge in [-0.15, -0.1) is 0 Å². The second kappa shape index (κ2) is 13.7. The van der Waals surface area contributed by atoms with Gasteiger partial charge in [0.05, 0.1) is 0 Å². The molecule has 0 heterocycles. The van der Waals surface area contributed by atoms with E-state index in [1.165, 1.54) is 21.9 Å². The monoisotopic (exact) mass is 729 g/mol. The van der Waals surface area contributed by atoms with E-state index in [1.807, 2.05) is 7.11 Å². The maximum Gasteiger partial charge on any atom is 0.283 e. The number of hydrogen-bond acceptors (Lipinski definition) is 1. The summed E-state index contributed by atoms with van der Waals surface area (Å²) in [6.07, 6.45) is 0. The Morgan fingerprint density at radius 3 is 0.978 bits per heavy atom. The lowest BCUT2D eigenvalue weighted by atomic mass is 10.1. The normalized spacial score (nSPS) is 14.4. The number of aryl methyl sites for hydroxylation is 3. The van der Waals surface area contributed by atoms with Crippen molar-refractivity contribution in [2.75, 3.05) is 7.11 Å². The topological polar surface area (TPSA) is 9.23 Å². The minimum absolute atomic E-state index is 0.674. The maximum absolute atomic E-state index is 6.97. The zero-order valence-corrected chi connectivity index (χ0v) is 40.9. The van der Waals surface area contributed by atoms with E-state index in [1.54, 1.807) is 21.9 Å². The molecule has 2 aromatic carbocycles. The van der Waals surface area contributed by atoms with Gasteiger partial charge in [0.2, 0.25) is 0 Å². The fourth-order valence-corrected chi connectivity index (χ4v) is 51.4. The van der Waals surface area contributed by atoms with Crippen LogP contribution in [0.3, 0.4) is 0 Å². The predicted molar refractivity (Wildman–Crippen MR) is 227 cm³/mol. The van der Waals surface area contributed by atoms with Gasteiger partial charge in [0, 0.05) is 55.6 Å². The third-order valence-electron chi connectivity index (χ3n) is 9.71. The summed E-state index contributed by atoms with van der Waals surface area (Å²) in [5, 5.41) is 5.26. The predicted octanol–water partition coefficient (Wildman–Crippen LogP) is 10.9. The van der Waals surface area contributed by atoms with Crippen LogP contribution in [0.4, 0.5) is 0 Å². The van der Waals surface area contributed by atoms with E-state index >= 15 is 0 Å². The summed E-state index contributed by atoms with van der Waals surface area (Å²) >= 11 is 0. The molecule has 0 unspecified atom stereocenters. The smallest absolute Gasteiger partial charge is 0.283 e. The highest BCUT2D eigenvalue weighted by molar-refractivity contribution is 6.98. The van der Waals surface area contributed by atoms with Crippen molar-refractivity contribution >= 4 is 67.9 Å². The minimum Gasteiger partial charge on any atom is -0.411 e. The molecule has 0 amide bonds. The standard InChI is InChI=1S/C37H73OSi7/c1-27-23-28(2)33(29(3)24-27)39(38-4)34-31(36(42(11,12)13)43(14,15)16)25-30(35(40(5,6)7)41(8,9)10)26-32(34)37(44(17,18)19)45(20,21)22/h23-26,35-37H,1-22H3. The summed E-state index contributed by atoms with van der Waals surface area (Å²) < 4.78 is 6.97. The summed E-state index contributed by atoms with van der Waals surface area (Å²) in [6.45, 7) is 54.8. The van der Waals surface area contributed by atoms with Crippen LogP contribution in [0.15, 0.2) is 24.3 Å². The van der Waals surface area contributed by atoms with Crippen LogP contribution in [0, 0.1) is 20.8 Å². The number of benzene rings is 2. The Hall–Kier alpha value is -0.0818. The summed E-state index contributed by atoms with van der Waals surface area (Å²) in [6, 6.07) is 10.5. The van der Waals surface area contributed by atoms with E-state index in [2.05, 4.69) is 163 Å². The Kier molecular flexibility index (Phi) is 12.5. The van der Waals surface area contributed by atoms with Crippen LogP contribution < -0.4 is 10.4 Å². The van der Waals surface area contributed by atoms with E-state index in [4.69, 9.17) is 4.43 Å². The molecule has 45 heavy (non-hydrogen) atoms. The molecular weight excluding hydrogens is 657 g/mol. The molecule has 2 rings (SSSR count). The van der Waals surface area contributed by atoms with Crippen LogP contribution in [0.5, 0.6) is 0 Å². The molecule has 0 N–H and O–H groups in total. The molecule has 0 aliphatic carbocycles. The average molecular weight is 731 g/mol. The van der Waals surface area contributed by atoms with Gasteiger partial charge in [0.15, 0.2) is 0 Å². The van der Waals surface area contributed by atoms with Gasteiger partial charge in [0.25, 0.3) is 9.04 Å². The Morgan fingerprint density at radius 1 is 0.444 bits per heavy atom. The number of hydrogen-bond donors (Lipinski definition) is 0. The summed E-state index contributed by atoms with van der Waals surface area (Å²) in [4.78, 5) is 0. The molecule has 0 fully saturated rings. The summed E-state index contributed by atoms with van der Waals surface area (Å²) in [7, 11) is -8.99. The second-order valence-corrected chi connectivity index (χ2v) is 56.5. The molecular formula is C37H73OSi7. The van der Waals surface area contributed by atoms with Gasteiger partial charge in [-0.25, -0.2) is 0 Å². The molecule has 0 aliphatic heterocycles. The van der Waals surface area contributed by atoms with Crippen molar-refractivity contribution in [3.8, 4) is 0 Å². The Labute approximate surface area is 289 Å². The zero-order chi connectivity index (χ0) is 35.5. The molecule has 0 aliphatic rings. The molecule has 255 valence electrons. The van der Waals surface area contributed by atoms with Crippen molar-refractivity contribution in [2.24, 2.45) is 0 Å². The quantitative estimate of drug-likeness (QED) is 0.198. The first-order valence-electron chi connectivity index (χ1n) is 17.5. The first-order chi connectivity index (χ1) is 19.8. The van der Waals surface area contributed by atoms with E-state index in [9.17, 15) is 0 Å². The minimum atomic E-state index is -1.62. The van der Waals surface area contributed by atoms with Crippen molar-refractivity contribution in [1.29, 1.82) is 0 Å². The van der Waals surface area contributed by atoms with E-state index in [0.29, 0.717) is 10.3 Å². The summed E-state index contributed by atoms with van der Waals surface area (Å²) in [5.74, 6) is 0. The van der Waals surface area contributed by atoms with Crippen molar-refractivity contribution in [3.63, 3.8) is 0 Å². The second-order valence-electron chi connectivity index (χ2n) is 20.9. The molecule has 1 nitrogen and oxygen atoms in total. The lowest BCUT2D eigenvalue weighted by molar-refractivity contribution is 0.438. The van der Waals surface area contributed by atoms with Crippen molar-refractivity contribution < 1.29 is 4.43 Å². The number of rotatable bonds is 12. The molecule has 0 aromatic heterocycles. The highest BCUT2D eigenvalue weighted by atomic mass is 28.4. The van der Waals surface area contributed by atoms with Crippen molar-refractivity contribution in [2.45, 2.75) is 154 Å². The highest BCUT2D eigenvalue weighted by Gasteiger charge is 2.48. The molecule has 0 saturated carbocycles. The fraction of sp³-hybridized carbons (Fsp3) is 0.676. The van der Waals surface area contributed by atoms with Crippen molar-refractivity contribution in [1.82, 2.24) is 0 Å². The van der Waals surface area contributed by atoms with Gasteiger partial charge in [-0.3, -0.25) is 0 Å². The van der Waals surface area contributed by atoms with Crippen LogP contribution in [-0.4, -0.2) is 64.6 Å². The molecule has 1 radical (unpaired) electrons. The zero-order valence-electron chi connectivity index (χ0n) is 33.9. The van der Waals surface area contributed by atoms with Crippen LogP contribution in [-0.2, 0) is 4.43 Å². The molecule has 0 spiro atoms. The van der Waals surface area contributed by atoms with Gasteiger partial charge in [-0.2, -0.15) is 0 Å². The van der Waals surface area contributed by atoms with E-state index in [-0.39, 0.29) is 0 Å². The Morgan fingerprint density at radius 2 is 0.733 bits per heavy atom. The van der Waals surface area contributed by atoms with Crippen LogP contribution in [0.25, 0.3) is 0 Å². The van der Waals surface area contributed by atoms with Crippen LogP contribution in [0.2, 0.25) is 118 Å². The SMILES string of the molecule is CO[Si](c1c(C)cc(C)cc1C)c1c(C([Si](C)(C)C)[Si](C)(C)C)cc(C([Si](C)(C)C)[Si](C)(C)C)cc1C([Si](C)(C)C)[Si](C)(C)C. The summed E-state index contributed by atoms with van der Waals surface area (Å²) in [5.41, 5.74) is 9.37. The van der Waals surface area contributed by atoms with Gasteiger partial charge < -0.3 is 4.43 Å². The molecule has 0 saturated heterocycles. The van der Waals surface area contributed by atoms with E-state index < -0.39 is 57.5 Å². The molecule has 0 bridgehead atoms. The molecule has 8 heteroatoms. The molecule has 2 aromatic rings. The third kappa shape index (κ3) is 9.54. The van der Waals surface area contributed by atoms with Gasteiger partial charge in [-0.05, 0) is 74.5 Å². The molecule has 0 atom stereocenters. The third-order valence-corrected chi connectivity index (χ3v) is 40.3.